The van der Waals surface area contributed by atoms with E-state index in [1.54, 1.807) is 20.1 Å². The minimum absolute atomic E-state index is 0.0855. The molecule has 0 bridgehead atoms. The van der Waals surface area contributed by atoms with Gasteiger partial charge >= 0.3 is 5.69 Å². The second-order valence-electron chi connectivity index (χ2n) is 4.71. The van der Waals surface area contributed by atoms with E-state index in [0.717, 1.165) is 16.0 Å². The molecule has 110 valence electrons. The second kappa shape index (κ2) is 5.33. The predicted octanol–water partition coefficient (Wildman–Crippen LogP) is 1.40. The molecular weight excluding hydrogens is 282 g/mol. The molecule has 0 atom stereocenters. The van der Waals surface area contributed by atoms with Crippen LogP contribution in [0.3, 0.4) is 0 Å². The molecule has 0 radical (unpaired) electrons. The Morgan fingerprint density at radius 1 is 1.32 bits per heavy atom. The molecule has 1 aromatic carbocycles. The molecule has 2 aromatic heterocycles. The summed E-state index contributed by atoms with van der Waals surface area (Å²) in [6.45, 7) is 1.65. The molecule has 0 saturated heterocycles. The highest BCUT2D eigenvalue weighted by molar-refractivity contribution is 5.64. The van der Waals surface area contributed by atoms with E-state index in [1.165, 1.54) is 4.40 Å². The molecular formula is C15H13N5O2. The lowest BCUT2D eigenvalue weighted by Gasteiger charge is -2.05. The van der Waals surface area contributed by atoms with Gasteiger partial charge < -0.3 is 4.74 Å². The summed E-state index contributed by atoms with van der Waals surface area (Å²) in [5.74, 6) is 1.29. The first kappa shape index (κ1) is 13.8. The van der Waals surface area contributed by atoms with Crippen molar-refractivity contribution in [1.82, 2.24) is 19.2 Å². The number of rotatable bonds is 3. The number of nitrogens with zero attached hydrogens (tertiary/aromatic N) is 5. The Morgan fingerprint density at radius 2 is 2.05 bits per heavy atom. The fraction of sp³-hybridized carbons (Fsp3) is 0.200. The lowest BCUT2D eigenvalue weighted by molar-refractivity contribution is 0.415. The van der Waals surface area contributed by atoms with Gasteiger partial charge in [0.15, 0.2) is 5.65 Å². The van der Waals surface area contributed by atoms with Gasteiger partial charge in [0.2, 0.25) is 0 Å². The van der Waals surface area contributed by atoms with E-state index in [2.05, 4.69) is 10.1 Å². The van der Waals surface area contributed by atoms with E-state index in [4.69, 9.17) is 10.00 Å². The van der Waals surface area contributed by atoms with Crippen molar-refractivity contribution < 1.29 is 4.74 Å². The Kier molecular flexibility index (Phi) is 3.35. The van der Waals surface area contributed by atoms with Crippen molar-refractivity contribution in [3.05, 3.63) is 46.6 Å². The minimum atomic E-state index is -0.358. The molecule has 3 aromatic rings. The Hall–Kier alpha value is -3.14. The van der Waals surface area contributed by atoms with Crippen LogP contribution in [0.1, 0.15) is 5.82 Å². The van der Waals surface area contributed by atoms with Crippen molar-refractivity contribution in [2.75, 3.05) is 7.11 Å². The Bertz CT molecular complexity index is 931. The summed E-state index contributed by atoms with van der Waals surface area (Å²) >= 11 is 0. The van der Waals surface area contributed by atoms with Crippen LogP contribution < -0.4 is 10.4 Å². The van der Waals surface area contributed by atoms with Crippen LogP contribution in [0.5, 0.6) is 5.75 Å². The topological polar surface area (TPSA) is 85.2 Å². The Morgan fingerprint density at radius 3 is 2.68 bits per heavy atom. The monoisotopic (exact) mass is 295 g/mol. The number of fused-ring (bicyclic) bond motifs is 1. The van der Waals surface area contributed by atoms with E-state index >= 15 is 0 Å². The largest absolute Gasteiger partial charge is 0.497 e. The zero-order valence-electron chi connectivity index (χ0n) is 12.1. The number of aryl methyl sites for hydroxylation is 1. The fourth-order valence-corrected chi connectivity index (χ4v) is 2.28. The molecule has 0 aliphatic heterocycles. The van der Waals surface area contributed by atoms with Gasteiger partial charge in [0.1, 0.15) is 18.1 Å². The SMILES string of the molecule is COc1ccc(-c2cc3nn(CC#N)c(=O)n3c(C)n2)cc1. The third-order valence-corrected chi connectivity index (χ3v) is 3.34. The van der Waals surface area contributed by atoms with E-state index in [-0.39, 0.29) is 12.2 Å². The fourth-order valence-electron chi connectivity index (χ4n) is 2.28. The summed E-state index contributed by atoms with van der Waals surface area (Å²) in [6, 6.07) is 11.1. The van der Waals surface area contributed by atoms with Gasteiger partial charge in [-0.2, -0.15) is 9.94 Å². The Balaban J connectivity index is 2.16. The molecule has 22 heavy (non-hydrogen) atoms. The van der Waals surface area contributed by atoms with Gasteiger partial charge in [0.25, 0.3) is 0 Å². The average molecular weight is 295 g/mol. The maximum absolute atomic E-state index is 12.1. The highest BCUT2D eigenvalue weighted by Crippen LogP contribution is 2.21. The van der Waals surface area contributed by atoms with Crippen LogP contribution in [0.4, 0.5) is 0 Å². The van der Waals surface area contributed by atoms with Crippen molar-refractivity contribution >= 4 is 5.65 Å². The Labute approximate surface area is 126 Å². The lowest BCUT2D eigenvalue weighted by Crippen LogP contribution is -2.22. The first-order valence-electron chi connectivity index (χ1n) is 6.62. The summed E-state index contributed by atoms with van der Waals surface area (Å²) in [5.41, 5.74) is 1.72. The number of hydrogen-bond acceptors (Lipinski definition) is 5. The maximum atomic E-state index is 12.1. The molecule has 0 aliphatic rings. The van der Waals surface area contributed by atoms with Crippen LogP contribution >= 0.6 is 0 Å². The second-order valence-corrected chi connectivity index (χ2v) is 4.71. The molecule has 3 rings (SSSR count). The maximum Gasteiger partial charge on any atom is 0.352 e. The van der Waals surface area contributed by atoms with Crippen molar-refractivity contribution in [2.45, 2.75) is 13.5 Å². The number of ether oxygens (including phenoxy) is 1. The van der Waals surface area contributed by atoms with Crippen molar-refractivity contribution in [3.63, 3.8) is 0 Å². The van der Waals surface area contributed by atoms with Gasteiger partial charge in [-0.3, -0.25) is 0 Å². The van der Waals surface area contributed by atoms with E-state index in [1.807, 2.05) is 30.3 Å². The van der Waals surface area contributed by atoms with Gasteiger partial charge in [0, 0.05) is 11.6 Å². The smallest absolute Gasteiger partial charge is 0.352 e. The number of methoxy groups -OCH3 is 1. The van der Waals surface area contributed by atoms with Crippen LogP contribution in [0, 0.1) is 18.3 Å². The summed E-state index contributed by atoms with van der Waals surface area (Å²) < 4.78 is 7.65. The zero-order valence-corrected chi connectivity index (χ0v) is 12.1. The number of nitriles is 1. The van der Waals surface area contributed by atoms with Gasteiger partial charge in [-0.1, -0.05) is 0 Å². The summed E-state index contributed by atoms with van der Waals surface area (Å²) in [5, 5.41) is 12.9. The summed E-state index contributed by atoms with van der Waals surface area (Å²) in [7, 11) is 1.61. The average Bonchev–Trinajstić information content (AvgIpc) is 2.84. The predicted molar refractivity (Wildman–Crippen MR) is 79.6 cm³/mol. The van der Waals surface area contributed by atoms with Crippen molar-refractivity contribution in [2.24, 2.45) is 0 Å². The summed E-state index contributed by atoms with van der Waals surface area (Å²) in [6.07, 6.45) is 0. The van der Waals surface area contributed by atoms with Crippen LogP contribution in [0.15, 0.2) is 35.1 Å². The highest BCUT2D eigenvalue weighted by atomic mass is 16.5. The van der Waals surface area contributed by atoms with Crippen molar-refractivity contribution in [1.29, 1.82) is 5.26 Å². The van der Waals surface area contributed by atoms with E-state index in [0.29, 0.717) is 17.2 Å². The molecule has 0 fully saturated rings. The van der Waals surface area contributed by atoms with Crippen molar-refractivity contribution in [3.8, 4) is 23.1 Å². The molecule has 0 saturated carbocycles. The number of benzene rings is 1. The van der Waals surface area contributed by atoms with Gasteiger partial charge in [-0.25, -0.2) is 14.2 Å². The number of aromatic nitrogens is 4. The van der Waals surface area contributed by atoms with Crippen LogP contribution in [-0.4, -0.2) is 26.3 Å². The molecule has 0 spiro atoms. The number of hydrogen-bond donors (Lipinski definition) is 0. The normalized spacial score (nSPS) is 10.6. The molecule has 2 heterocycles. The first-order valence-corrected chi connectivity index (χ1v) is 6.62. The van der Waals surface area contributed by atoms with Gasteiger partial charge in [0.05, 0.1) is 18.9 Å². The van der Waals surface area contributed by atoms with Crippen LogP contribution in [0.2, 0.25) is 0 Å². The molecule has 7 heteroatoms. The molecule has 0 aliphatic carbocycles. The standard InChI is InChI=1S/C15H13N5O2/c1-10-17-13(11-3-5-12(22-2)6-4-11)9-14-18-19(8-7-16)15(21)20(10)14/h3-6,9H,8H2,1-2H3. The van der Waals surface area contributed by atoms with Gasteiger partial charge in [-0.15, -0.1) is 5.10 Å². The minimum Gasteiger partial charge on any atom is -0.497 e. The lowest BCUT2D eigenvalue weighted by atomic mass is 10.1. The molecule has 0 unspecified atom stereocenters. The third-order valence-electron chi connectivity index (χ3n) is 3.34. The molecule has 0 N–H and O–H groups in total. The van der Waals surface area contributed by atoms with E-state index in [9.17, 15) is 4.79 Å². The summed E-state index contributed by atoms with van der Waals surface area (Å²) in [4.78, 5) is 16.6. The third kappa shape index (κ3) is 2.20. The van der Waals surface area contributed by atoms with Crippen LogP contribution in [0.25, 0.3) is 16.9 Å². The van der Waals surface area contributed by atoms with E-state index < -0.39 is 0 Å². The molecule has 0 amide bonds. The van der Waals surface area contributed by atoms with Crippen LogP contribution in [-0.2, 0) is 6.54 Å². The first-order chi connectivity index (χ1) is 10.6. The quantitative estimate of drug-likeness (QED) is 0.729. The van der Waals surface area contributed by atoms with Gasteiger partial charge in [-0.05, 0) is 31.2 Å². The highest BCUT2D eigenvalue weighted by Gasteiger charge is 2.12. The zero-order chi connectivity index (χ0) is 15.7. The molecule has 7 nitrogen and oxygen atoms in total.